The molecule has 0 unspecified atom stereocenters. The zero-order chi connectivity index (χ0) is 13.4. The van der Waals surface area contributed by atoms with Gasteiger partial charge in [0, 0.05) is 0 Å². The molecule has 0 radical (unpaired) electrons. The van der Waals surface area contributed by atoms with Crippen LogP contribution in [0.25, 0.3) is 0 Å². The molecule has 10 nitrogen and oxygen atoms in total. The maximum Gasteiger partial charge on any atom is 0.406 e. The lowest BCUT2D eigenvalue weighted by atomic mass is 10.1. The van der Waals surface area contributed by atoms with Crippen LogP contribution in [0.1, 0.15) is 6.23 Å². The van der Waals surface area contributed by atoms with Crippen molar-refractivity contribution < 1.29 is 25.0 Å². The molecule has 0 amide bonds. The van der Waals surface area contributed by atoms with Crippen molar-refractivity contribution in [2.24, 2.45) is 0 Å². The van der Waals surface area contributed by atoms with E-state index in [-0.39, 0.29) is 5.82 Å². The van der Waals surface area contributed by atoms with Crippen LogP contribution in [0.3, 0.4) is 0 Å². The number of ether oxygens (including phenoxy) is 1. The summed E-state index contributed by atoms with van der Waals surface area (Å²) in [5, 5.41) is 38.8. The van der Waals surface area contributed by atoms with E-state index in [9.17, 15) is 20.3 Å². The summed E-state index contributed by atoms with van der Waals surface area (Å²) in [6, 6.07) is 0. The van der Waals surface area contributed by atoms with Gasteiger partial charge in [-0.3, -0.25) is 4.57 Å². The Balaban J connectivity index is 2.30. The molecule has 1 saturated heterocycles. The molecule has 18 heavy (non-hydrogen) atoms. The van der Waals surface area contributed by atoms with Crippen molar-refractivity contribution in [3.8, 4) is 0 Å². The lowest BCUT2D eigenvalue weighted by molar-refractivity contribution is -0.388. The summed E-state index contributed by atoms with van der Waals surface area (Å²) in [6.45, 7) is -0.495. The molecule has 0 aliphatic carbocycles. The lowest BCUT2D eigenvalue weighted by Gasteiger charge is -2.15. The van der Waals surface area contributed by atoms with E-state index < -0.39 is 41.9 Å². The van der Waals surface area contributed by atoms with E-state index in [0.29, 0.717) is 0 Å². The second-order valence-electron chi connectivity index (χ2n) is 3.85. The lowest BCUT2D eigenvalue weighted by Crippen LogP contribution is -2.33. The fourth-order valence-corrected chi connectivity index (χ4v) is 1.81. The van der Waals surface area contributed by atoms with E-state index in [1.54, 1.807) is 0 Å². The maximum absolute atomic E-state index is 10.6. The van der Waals surface area contributed by atoms with Gasteiger partial charge in [0.05, 0.1) is 6.61 Å². The van der Waals surface area contributed by atoms with Gasteiger partial charge in [0.2, 0.25) is 12.1 Å². The van der Waals surface area contributed by atoms with E-state index in [0.717, 1.165) is 10.9 Å². The number of nitrogen functional groups attached to an aromatic ring is 1. The number of nitrogens with two attached hydrogens (primary N) is 1. The first kappa shape index (κ1) is 12.7. The van der Waals surface area contributed by atoms with Crippen molar-refractivity contribution in [1.82, 2.24) is 9.55 Å². The summed E-state index contributed by atoms with van der Waals surface area (Å²) < 4.78 is 6.21. The van der Waals surface area contributed by atoms with Crippen LogP contribution in [0, 0.1) is 10.1 Å². The molecule has 1 aromatic rings. The van der Waals surface area contributed by atoms with Crippen LogP contribution >= 0.6 is 0 Å². The highest BCUT2D eigenvalue weighted by Crippen LogP contribution is 2.33. The molecule has 0 aromatic carbocycles. The predicted molar refractivity (Wildman–Crippen MR) is 56.3 cm³/mol. The fraction of sp³-hybridized carbons (Fsp3) is 0.625. The van der Waals surface area contributed by atoms with Gasteiger partial charge in [0.1, 0.15) is 18.3 Å². The number of nitrogens with zero attached hydrogens (tertiary/aromatic N) is 3. The Morgan fingerprint density at radius 2 is 2.22 bits per heavy atom. The molecule has 1 aliphatic heterocycles. The van der Waals surface area contributed by atoms with E-state index in [1.807, 2.05) is 0 Å². The van der Waals surface area contributed by atoms with Gasteiger partial charge in [-0.25, -0.2) is 0 Å². The zero-order valence-electron chi connectivity index (χ0n) is 9.08. The van der Waals surface area contributed by atoms with E-state index in [2.05, 4.69) is 4.98 Å². The molecular formula is C8H12N4O6. The van der Waals surface area contributed by atoms with Crippen LogP contribution in [0.4, 0.5) is 11.6 Å². The number of rotatable bonds is 3. The minimum atomic E-state index is -1.36. The van der Waals surface area contributed by atoms with Gasteiger partial charge in [0.25, 0.3) is 0 Å². The highest BCUT2D eigenvalue weighted by atomic mass is 16.6. The first-order valence-corrected chi connectivity index (χ1v) is 5.06. The summed E-state index contributed by atoms with van der Waals surface area (Å²) in [7, 11) is 0. The standard InChI is InChI=1S/C8H12N4O6/c9-6-7(12(16)17)10-2-11(6)8-5(15)4(14)3(1-13)18-8/h2-5,8,13-15H,1,9H2/t3-,4+,5-,8+/m0/s1. The third kappa shape index (κ3) is 1.80. The number of hydrogen-bond donors (Lipinski definition) is 4. The van der Waals surface area contributed by atoms with Crippen molar-refractivity contribution >= 4 is 11.6 Å². The van der Waals surface area contributed by atoms with Crippen LogP contribution < -0.4 is 5.73 Å². The maximum atomic E-state index is 10.6. The Kier molecular flexibility index (Phi) is 3.17. The average molecular weight is 260 g/mol. The third-order valence-electron chi connectivity index (χ3n) is 2.78. The normalized spacial score (nSPS) is 31.7. The van der Waals surface area contributed by atoms with Crippen molar-refractivity contribution in [3.05, 3.63) is 16.4 Å². The molecule has 0 bridgehead atoms. The topological polar surface area (TPSA) is 157 Å². The van der Waals surface area contributed by atoms with Crippen LogP contribution in [0.5, 0.6) is 0 Å². The summed E-state index contributed by atoms with van der Waals surface area (Å²) in [5.74, 6) is -0.859. The Morgan fingerprint density at radius 3 is 2.67 bits per heavy atom. The first-order chi connectivity index (χ1) is 8.47. The number of imidazole rings is 1. The Bertz CT molecular complexity index is 462. The second-order valence-corrected chi connectivity index (χ2v) is 3.85. The number of nitro groups is 1. The molecule has 0 spiro atoms. The van der Waals surface area contributed by atoms with Gasteiger partial charge in [-0.05, 0) is 9.91 Å². The van der Waals surface area contributed by atoms with Crippen molar-refractivity contribution in [2.45, 2.75) is 24.5 Å². The van der Waals surface area contributed by atoms with Crippen molar-refractivity contribution in [2.75, 3.05) is 12.3 Å². The fourth-order valence-electron chi connectivity index (χ4n) is 1.81. The van der Waals surface area contributed by atoms with Crippen LogP contribution in [0.2, 0.25) is 0 Å². The highest BCUT2D eigenvalue weighted by molar-refractivity contribution is 5.47. The van der Waals surface area contributed by atoms with Crippen molar-refractivity contribution in [1.29, 1.82) is 0 Å². The predicted octanol–water partition coefficient (Wildman–Crippen LogP) is -2.02. The van der Waals surface area contributed by atoms with Gasteiger partial charge in [0.15, 0.2) is 6.23 Å². The van der Waals surface area contributed by atoms with Crippen LogP contribution in [-0.2, 0) is 4.74 Å². The molecule has 1 aromatic heterocycles. The molecule has 10 heteroatoms. The molecule has 5 N–H and O–H groups in total. The molecule has 4 atom stereocenters. The monoisotopic (exact) mass is 260 g/mol. The van der Waals surface area contributed by atoms with Gasteiger partial charge in [-0.15, -0.1) is 0 Å². The van der Waals surface area contributed by atoms with Gasteiger partial charge < -0.3 is 35.9 Å². The number of anilines is 1. The molecular weight excluding hydrogens is 248 g/mol. The first-order valence-electron chi connectivity index (χ1n) is 5.06. The Morgan fingerprint density at radius 1 is 1.56 bits per heavy atom. The number of aliphatic hydroxyl groups excluding tert-OH is 3. The Labute approximate surface area is 100 Å². The minimum Gasteiger partial charge on any atom is -0.394 e. The van der Waals surface area contributed by atoms with Gasteiger partial charge >= 0.3 is 5.82 Å². The molecule has 1 aliphatic rings. The third-order valence-corrected chi connectivity index (χ3v) is 2.78. The van der Waals surface area contributed by atoms with E-state index in [4.69, 9.17) is 15.6 Å². The largest absolute Gasteiger partial charge is 0.406 e. The quantitative estimate of drug-likeness (QED) is 0.358. The van der Waals surface area contributed by atoms with Gasteiger partial charge in [-0.1, -0.05) is 0 Å². The molecule has 100 valence electrons. The minimum absolute atomic E-state index is 0.296. The van der Waals surface area contributed by atoms with Crippen LogP contribution in [0.15, 0.2) is 6.33 Å². The SMILES string of the molecule is Nc1c([N+](=O)[O-])ncn1[C@@H]1O[C@@H](CO)[C@@H](O)[C@@H]1O. The van der Waals surface area contributed by atoms with Crippen LogP contribution in [-0.4, -0.2) is 54.7 Å². The number of aromatic nitrogens is 2. The van der Waals surface area contributed by atoms with Gasteiger partial charge in [-0.2, -0.15) is 0 Å². The molecule has 0 saturated carbocycles. The Hall–Kier alpha value is -1.75. The van der Waals surface area contributed by atoms with E-state index in [1.165, 1.54) is 0 Å². The zero-order valence-corrected chi connectivity index (χ0v) is 9.08. The summed E-state index contributed by atoms with van der Waals surface area (Å²) in [5.41, 5.74) is 5.50. The summed E-state index contributed by atoms with van der Waals surface area (Å²) in [6.07, 6.45) is -3.74. The smallest absolute Gasteiger partial charge is 0.394 e. The summed E-state index contributed by atoms with van der Waals surface area (Å²) in [4.78, 5) is 13.3. The molecule has 2 heterocycles. The number of hydrogen-bond acceptors (Lipinski definition) is 8. The summed E-state index contributed by atoms with van der Waals surface area (Å²) >= 11 is 0. The highest BCUT2D eigenvalue weighted by Gasteiger charge is 2.45. The second kappa shape index (κ2) is 4.49. The molecule has 2 rings (SSSR count). The molecule has 1 fully saturated rings. The van der Waals surface area contributed by atoms with E-state index >= 15 is 0 Å². The average Bonchev–Trinajstić information content (AvgIpc) is 2.82. The number of aliphatic hydroxyl groups is 3. The van der Waals surface area contributed by atoms with Crippen molar-refractivity contribution in [3.63, 3.8) is 0 Å².